The number of carbonyl (C=O) groups is 1. The largest absolute Gasteiger partial charge is 0.359 e. The SMILES string of the molecule is CCCc1nc(CC)c(C(=O)NC(C)C)n1Cc1ccc(-c2ccccc2S(=O)(=O)Nc2noc(C)c2C)c(C)c1. The van der Waals surface area contributed by atoms with E-state index in [1.165, 1.54) is 0 Å². The zero-order valence-corrected chi connectivity index (χ0v) is 25.6. The van der Waals surface area contributed by atoms with Crippen molar-refractivity contribution in [1.82, 2.24) is 20.0 Å². The summed E-state index contributed by atoms with van der Waals surface area (Å²) in [6.07, 6.45) is 2.34. The third kappa shape index (κ3) is 6.37. The molecule has 10 heteroatoms. The first-order valence-electron chi connectivity index (χ1n) is 14.0. The van der Waals surface area contributed by atoms with Crippen LogP contribution in [0, 0.1) is 20.8 Å². The summed E-state index contributed by atoms with van der Waals surface area (Å²) in [6, 6.07) is 12.9. The number of nitrogens with zero attached hydrogens (tertiary/aromatic N) is 3. The number of hydrogen-bond acceptors (Lipinski definition) is 6. The van der Waals surface area contributed by atoms with Crippen LogP contribution in [0.2, 0.25) is 0 Å². The molecule has 0 radical (unpaired) electrons. The van der Waals surface area contributed by atoms with Gasteiger partial charge in [-0.1, -0.05) is 55.4 Å². The molecule has 0 spiro atoms. The standard InChI is InChI=1S/C31H39N5O4S/c1-8-12-28-33-26(9-2)29(31(37)32-19(3)4)36(28)18-23-15-16-24(20(5)17-23)25-13-10-11-14-27(25)41(38,39)35-30-21(6)22(7)40-34-30/h10-11,13-17,19H,8-9,12,18H2,1-7H3,(H,32,37)(H,34,35). The molecule has 4 aromatic rings. The first-order valence-corrected chi connectivity index (χ1v) is 15.5. The number of carbonyl (C=O) groups excluding carboxylic acids is 1. The molecule has 0 aliphatic carbocycles. The van der Waals surface area contributed by atoms with Crippen LogP contribution in [0.1, 0.15) is 78.6 Å². The van der Waals surface area contributed by atoms with Crippen molar-refractivity contribution >= 4 is 21.7 Å². The van der Waals surface area contributed by atoms with Gasteiger partial charge in [0.05, 0.1) is 10.6 Å². The van der Waals surface area contributed by atoms with Gasteiger partial charge in [-0.15, -0.1) is 0 Å². The number of aromatic nitrogens is 3. The summed E-state index contributed by atoms with van der Waals surface area (Å²) in [4.78, 5) is 18.2. The van der Waals surface area contributed by atoms with Gasteiger partial charge in [0.2, 0.25) is 0 Å². The van der Waals surface area contributed by atoms with Gasteiger partial charge in [-0.05, 0) is 70.2 Å². The second-order valence-corrected chi connectivity index (χ2v) is 12.3. The molecule has 0 saturated heterocycles. The number of benzene rings is 2. The van der Waals surface area contributed by atoms with Crippen molar-refractivity contribution < 1.29 is 17.7 Å². The fraction of sp³-hybridized carbons (Fsp3) is 0.387. The molecule has 2 aromatic carbocycles. The van der Waals surface area contributed by atoms with Crippen molar-refractivity contribution in [3.8, 4) is 11.1 Å². The lowest BCUT2D eigenvalue weighted by atomic mass is 9.98. The molecule has 0 fully saturated rings. The van der Waals surface area contributed by atoms with Crippen molar-refractivity contribution in [2.45, 2.75) is 85.2 Å². The number of hydrogen-bond donors (Lipinski definition) is 2. The van der Waals surface area contributed by atoms with Gasteiger partial charge in [-0.25, -0.2) is 13.4 Å². The molecule has 2 N–H and O–H groups in total. The monoisotopic (exact) mass is 577 g/mol. The minimum absolute atomic E-state index is 0.00905. The Hall–Kier alpha value is -3.92. The number of nitrogens with one attached hydrogen (secondary N) is 2. The number of anilines is 1. The van der Waals surface area contributed by atoms with Crippen LogP contribution in [-0.2, 0) is 29.4 Å². The van der Waals surface area contributed by atoms with E-state index < -0.39 is 10.0 Å². The Kier molecular flexibility index (Phi) is 9.01. The van der Waals surface area contributed by atoms with Crippen LogP contribution in [0.15, 0.2) is 51.9 Å². The summed E-state index contributed by atoms with van der Waals surface area (Å²) in [6.45, 7) is 13.9. The van der Waals surface area contributed by atoms with Gasteiger partial charge in [0.1, 0.15) is 17.3 Å². The summed E-state index contributed by atoms with van der Waals surface area (Å²) in [5.41, 5.74) is 5.34. The van der Waals surface area contributed by atoms with Crippen molar-refractivity contribution in [3.63, 3.8) is 0 Å². The molecule has 0 bridgehead atoms. The summed E-state index contributed by atoms with van der Waals surface area (Å²) in [7, 11) is -3.94. The maximum absolute atomic E-state index is 13.4. The van der Waals surface area contributed by atoms with E-state index in [0.29, 0.717) is 35.5 Å². The lowest BCUT2D eigenvalue weighted by molar-refractivity contribution is 0.0932. The van der Waals surface area contributed by atoms with Gasteiger partial charge in [-0.2, -0.15) is 0 Å². The zero-order chi connectivity index (χ0) is 29.9. The Morgan fingerprint density at radius 1 is 1.05 bits per heavy atom. The van der Waals surface area contributed by atoms with E-state index in [4.69, 9.17) is 9.51 Å². The predicted octanol–water partition coefficient (Wildman–Crippen LogP) is 5.97. The van der Waals surface area contributed by atoms with Gasteiger partial charge in [0.15, 0.2) is 5.82 Å². The van der Waals surface area contributed by atoms with Crippen molar-refractivity contribution in [2.75, 3.05) is 4.72 Å². The highest BCUT2D eigenvalue weighted by Gasteiger charge is 2.25. The fourth-order valence-corrected chi connectivity index (χ4v) is 6.18. The summed E-state index contributed by atoms with van der Waals surface area (Å²) in [5.74, 6) is 1.50. The van der Waals surface area contributed by atoms with Gasteiger partial charge >= 0.3 is 0 Å². The molecule has 9 nitrogen and oxygen atoms in total. The van der Waals surface area contributed by atoms with Crippen molar-refractivity contribution in [1.29, 1.82) is 0 Å². The first-order chi connectivity index (χ1) is 19.5. The summed E-state index contributed by atoms with van der Waals surface area (Å²) in [5, 5.41) is 6.89. The highest BCUT2D eigenvalue weighted by molar-refractivity contribution is 7.92. The minimum Gasteiger partial charge on any atom is -0.359 e. The maximum Gasteiger partial charge on any atom is 0.270 e. The lowest BCUT2D eigenvalue weighted by Crippen LogP contribution is -2.32. The van der Waals surface area contributed by atoms with Crippen LogP contribution in [0.3, 0.4) is 0 Å². The number of imidazole rings is 1. The van der Waals surface area contributed by atoms with E-state index in [1.54, 1.807) is 32.0 Å². The summed E-state index contributed by atoms with van der Waals surface area (Å²) < 4.78 is 36.6. The normalized spacial score (nSPS) is 11.7. The van der Waals surface area contributed by atoms with Crippen LogP contribution >= 0.6 is 0 Å². The molecule has 218 valence electrons. The fourth-order valence-electron chi connectivity index (χ4n) is 4.90. The second kappa shape index (κ2) is 12.3. The Balaban J connectivity index is 1.71. The Morgan fingerprint density at radius 2 is 1.78 bits per heavy atom. The number of rotatable bonds is 11. The molecular weight excluding hydrogens is 538 g/mol. The van der Waals surface area contributed by atoms with Crippen LogP contribution in [-0.4, -0.2) is 35.1 Å². The first kappa shape index (κ1) is 30.0. The molecular formula is C31H39N5O4S. The van der Waals surface area contributed by atoms with Crippen LogP contribution in [0.25, 0.3) is 11.1 Å². The second-order valence-electron chi connectivity index (χ2n) is 10.6. The zero-order valence-electron chi connectivity index (χ0n) is 24.8. The van der Waals surface area contributed by atoms with Crippen LogP contribution in [0.5, 0.6) is 0 Å². The van der Waals surface area contributed by atoms with E-state index in [2.05, 4.69) is 22.1 Å². The maximum atomic E-state index is 13.4. The molecule has 1 amide bonds. The number of aryl methyl sites for hydroxylation is 4. The number of sulfonamides is 1. The van der Waals surface area contributed by atoms with Gasteiger partial charge in [-0.3, -0.25) is 9.52 Å². The molecule has 0 atom stereocenters. The lowest BCUT2D eigenvalue weighted by Gasteiger charge is -2.17. The van der Waals surface area contributed by atoms with Crippen LogP contribution < -0.4 is 10.0 Å². The Labute approximate surface area is 242 Å². The van der Waals surface area contributed by atoms with Gasteiger partial charge in [0, 0.05) is 30.1 Å². The van der Waals surface area contributed by atoms with E-state index in [1.807, 2.05) is 56.5 Å². The Morgan fingerprint density at radius 3 is 2.39 bits per heavy atom. The van der Waals surface area contributed by atoms with Gasteiger partial charge < -0.3 is 14.4 Å². The molecule has 0 unspecified atom stereocenters. The van der Waals surface area contributed by atoms with Crippen molar-refractivity contribution in [2.24, 2.45) is 0 Å². The topological polar surface area (TPSA) is 119 Å². The highest BCUT2D eigenvalue weighted by Crippen LogP contribution is 2.32. The highest BCUT2D eigenvalue weighted by atomic mass is 32.2. The quantitative estimate of drug-likeness (QED) is 0.227. The van der Waals surface area contributed by atoms with Crippen molar-refractivity contribution in [3.05, 3.63) is 82.1 Å². The minimum atomic E-state index is -3.94. The molecule has 0 aliphatic rings. The number of amides is 1. The third-order valence-corrected chi connectivity index (χ3v) is 8.45. The van der Waals surface area contributed by atoms with E-state index in [0.717, 1.165) is 41.1 Å². The molecule has 0 saturated carbocycles. The average molecular weight is 578 g/mol. The predicted molar refractivity (Wildman–Crippen MR) is 161 cm³/mol. The third-order valence-electron chi connectivity index (χ3n) is 7.05. The molecule has 41 heavy (non-hydrogen) atoms. The van der Waals surface area contributed by atoms with E-state index in [9.17, 15) is 13.2 Å². The summed E-state index contributed by atoms with van der Waals surface area (Å²) >= 11 is 0. The molecule has 4 rings (SSSR count). The molecule has 2 heterocycles. The molecule has 0 aliphatic heterocycles. The average Bonchev–Trinajstić information content (AvgIpc) is 3.42. The van der Waals surface area contributed by atoms with Crippen LogP contribution in [0.4, 0.5) is 5.82 Å². The molecule has 2 aromatic heterocycles. The smallest absolute Gasteiger partial charge is 0.270 e. The van der Waals surface area contributed by atoms with E-state index in [-0.39, 0.29) is 22.7 Å². The Bertz CT molecular complexity index is 1670. The van der Waals surface area contributed by atoms with E-state index >= 15 is 0 Å². The van der Waals surface area contributed by atoms with Gasteiger partial charge in [0.25, 0.3) is 15.9 Å².